The summed E-state index contributed by atoms with van der Waals surface area (Å²) in [6.45, 7) is 1.96. The van der Waals surface area contributed by atoms with E-state index >= 15 is 0 Å². The normalized spacial score (nSPS) is 12.5. The van der Waals surface area contributed by atoms with Gasteiger partial charge in [0.1, 0.15) is 5.15 Å². The average molecular weight is 316 g/mol. The fourth-order valence-electron chi connectivity index (χ4n) is 2.62. The van der Waals surface area contributed by atoms with Crippen molar-refractivity contribution in [3.05, 3.63) is 73.9 Å². The van der Waals surface area contributed by atoms with Gasteiger partial charge in [-0.15, -0.1) is 0 Å². The molecule has 0 saturated carbocycles. The predicted octanol–water partition coefficient (Wildman–Crippen LogP) is 2.74. The van der Waals surface area contributed by atoms with Crippen molar-refractivity contribution >= 4 is 22.8 Å². The summed E-state index contributed by atoms with van der Waals surface area (Å²) >= 11 is 5.96. The molecule has 112 valence electrons. The lowest BCUT2D eigenvalue weighted by Crippen LogP contribution is -2.39. The van der Waals surface area contributed by atoms with Crippen molar-refractivity contribution in [3.8, 4) is 0 Å². The van der Waals surface area contributed by atoms with Gasteiger partial charge in [0.05, 0.1) is 11.6 Å². The fraction of sp³-hybridized carbons (Fsp3) is 0.188. The first kappa shape index (κ1) is 14.5. The van der Waals surface area contributed by atoms with Crippen molar-refractivity contribution in [2.75, 3.05) is 0 Å². The van der Waals surface area contributed by atoms with Crippen molar-refractivity contribution in [2.45, 2.75) is 19.4 Å². The standard InChI is InChI=1S/C16H14ClN3O2/c1-2-12(10-6-4-3-5-7-10)20-14-11(8-9-13(17)19-14)18-15(21)16(20)22/h3-9,12H,2H2,1H3,(H,18,21)/t12-/m0/s1. The topological polar surface area (TPSA) is 67.8 Å². The Hall–Kier alpha value is -2.40. The minimum Gasteiger partial charge on any atom is -0.315 e. The van der Waals surface area contributed by atoms with E-state index in [-0.39, 0.29) is 11.2 Å². The number of fused-ring (bicyclic) bond motifs is 1. The van der Waals surface area contributed by atoms with Crippen molar-refractivity contribution in [1.29, 1.82) is 0 Å². The van der Waals surface area contributed by atoms with E-state index in [4.69, 9.17) is 11.6 Å². The van der Waals surface area contributed by atoms with Gasteiger partial charge in [-0.1, -0.05) is 48.9 Å². The molecule has 6 heteroatoms. The van der Waals surface area contributed by atoms with Gasteiger partial charge >= 0.3 is 11.1 Å². The van der Waals surface area contributed by atoms with E-state index in [1.807, 2.05) is 37.3 Å². The van der Waals surface area contributed by atoms with Gasteiger partial charge in [0.25, 0.3) is 0 Å². The van der Waals surface area contributed by atoms with E-state index in [1.54, 1.807) is 12.1 Å². The quantitative estimate of drug-likeness (QED) is 0.597. The number of pyridine rings is 1. The summed E-state index contributed by atoms with van der Waals surface area (Å²) in [4.78, 5) is 31.1. The van der Waals surface area contributed by atoms with Gasteiger partial charge in [-0.2, -0.15) is 0 Å². The van der Waals surface area contributed by atoms with E-state index in [2.05, 4.69) is 9.97 Å². The van der Waals surface area contributed by atoms with Crippen LogP contribution in [0.4, 0.5) is 0 Å². The van der Waals surface area contributed by atoms with Gasteiger partial charge in [0.2, 0.25) is 0 Å². The summed E-state index contributed by atoms with van der Waals surface area (Å²) < 4.78 is 1.43. The van der Waals surface area contributed by atoms with E-state index < -0.39 is 11.1 Å². The Labute approximate surface area is 131 Å². The molecule has 0 saturated heterocycles. The molecule has 0 fully saturated rings. The number of aromatic nitrogens is 3. The molecule has 5 nitrogen and oxygen atoms in total. The smallest absolute Gasteiger partial charge is 0.315 e. The molecule has 0 aliphatic rings. The van der Waals surface area contributed by atoms with Crippen LogP contribution in [0.3, 0.4) is 0 Å². The van der Waals surface area contributed by atoms with Crippen LogP contribution in [-0.2, 0) is 0 Å². The van der Waals surface area contributed by atoms with Gasteiger partial charge in [-0.3, -0.25) is 14.2 Å². The fourth-order valence-corrected chi connectivity index (χ4v) is 2.76. The highest BCUT2D eigenvalue weighted by atomic mass is 35.5. The van der Waals surface area contributed by atoms with Gasteiger partial charge in [-0.05, 0) is 24.1 Å². The zero-order chi connectivity index (χ0) is 15.7. The van der Waals surface area contributed by atoms with Gasteiger partial charge in [0.15, 0.2) is 5.65 Å². The number of hydrogen-bond acceptors (Lipinski definition) is 3. The first-order chi connectivity index (χ1) is 10.6. The molecule has 0 spiro atoms. The van der Waals surface area contributed by atoms with Crippen LogP contribution >= 0.6 is 11.6 Å². The van der Waals surface area contributed by atoms with Gasteiger partial charge in [-0.25, -0.2) is 4.98 Å². The molecular weight excluding hydrogens is 302 g/mol. The lowest BCUT2D eigenvalue weighted by atomic mass is 10.0. The van der Waals surface area contributed by atoms with Crippen LogP contribution < -0.4 is 11.1 Å². The summed E-state index contributed by atoms with van der Waals surface area (Å²) in [6.07, 6.45) is 0.649. The lowest BCUT2D eigenvalue weighted by molar-refractivity contribution is 0.557. The van der Waals surface area contributed by atoms with E-state index in [0.29, 0.717) is 17.6 Å². The molecule has 2 aromatic heterocycles. The van der Waals surface area contributed by atoms with E-state index in [1.165, 1.54) is 4.57 Å². The van der Waals surface area contributed by atoms with Crippen LogP contribution in [0.2, 0.25) is 5.15 Å². The number of nitrogens with zero attached hydrogens (tertiary/aromatic N) is 2. The third-order valence-electron chi connectivity index (χ3n) is 3.61. The van der Waals surface area contributed by atoms with Crippen molar-refractivity contribution < 1.29 is 0 Å². The highest BCUT2D eigenvalue weighted by molar-refractivity contribution is 6.29. The van der Waals surface area contributed by atoms with Crippen LogP contribution in [0.1, 0.15) is 24.9 Å². The number of rotatable bonds is 3. The minimum absolute atomic E-state index is 0.274. The molecule has 0 aliphatic carbocycles. The number of nitrogens with one attached hydrogen (secondary N) is 1. The molecule has 3 rings (SSSR count). The van der Waals surface area contributed by atoms with Crippen LogP contribution in [0.15, 0.2) is 52.1 Å². The SMILES string of the molecule is CC[C@@H](c1ccccc1)n1c(=O)c(=O)[nH]c2ccc(Cl)nc21. The molecule has 0 unspecified atom stereocenters. The summed E-state index contributed by atoms with van der Waals surface area (Å²) in [5, 5.41) is 0.274. The van der Waals surface area contributed by atoms with Crippen LogP contribution in [0, 0.1) is 0 Å². The van der Waals surface area contributed by atoms with Gasteiger partial charge in [0, 0.05) is 0 Å². The lowest BCUT2D eigenvalue weighted by Gasteiger charge is -2.20. The Morgan fingerprint density at radius 2 is 1.91 bits per heavy atom. The van der Waals surface area contributed by atoms with E-state index in [0.717, 1.165) is 5.56 Å². The summed E-state index contributed by atoms with van der Waals surface area (Å²) in [7, 11) is 0. The largest absolute Gasteiger partial charge is 0.318 e. The van der Waals surface area contributed by atoms with Crippen LogP contribution in [0.25, 0.3) is 11.2 Å². The van der Waals surface area contributed by atoms with Crippen molar-refractivity contribution in [3.63, 3.8) is 0 Å². The molecule has 2 heterocycles. The maximum Gasteiger partial charge on any atom is 0.318 e. The summed E-state index contributed by atoms with van der Waals surface area (Å²) in [6, 6.07) is 12.5. The highest BCUT2D eigenvalue weighted by Crippen LogP contribution is 2.23. The summed E-state index contributed by atoms with van der Waals surface area (Å²) in [5.74, 6) is 0. The molecule has 0 aliphatic heterocycles. The second kappa shape index (κ2) is 5.77. The average Bonchev–Trinajstić information content (AvgIpc) is 2.53. The number of hydrogen-bond donors (Lipinski definition) is 1. The zero-order valence-corrected chi connectivity index (χ0v) is 12.7. The Bertz CT molecular complexity index is 932. The summed E-state index contributed by atoms with van der Waals surface area (Å²) in [5.41, 5.74) is 0.529. The third kappa shape index (κ3) is 2.44. The zero-order valence-electron chi connectivity index (χ0n) is 11.9. The highest BCUT2D eigenvalue weighted by Gasteiger charge is 2.18. The van der Waals surface area contributed by atoms with Crippen LogP contribution in [0.5, 0.6) is 0 Å². The Morgan fingerprint density at radius 3 is 2.59 bits per heavy atom. The predicted molar refractivity (Wildman–Crippen MR) is 86.5 cm³/mol. The molecule has 0 radical (unpaired) electrons. The Balaban J connectivity index is 2.37. The maximum absolute atomic E-state index is 12.4. The molecule has 3 aromatic rings. The first-order valence-corrected chi connectivity index (χ1v) is 7.35. The monoisotopic (exact) mass is 315 g/mol. The number of halogens is 1. The van der Waals surface area contributed by atoms with Crippen molar-refractivity contribution in [1.82, 2.24) is 14.5 Å². The van der Waals surface area contributed by atoms with Crippen LogP contribution in [-0.4, -0.2) is 14.5 Å². The molecule has 0 amide bonds. The molecule has 1 N–H and O–H groups in total. The maximum atomic E-state index is 12.4. The molecule has 1 atom stereocenters. The second-order valence-electron chi connectivity index (χ2n) is 4.97. The Morgan fingerprint density at radius 1 is 1.18 bits per heavy atom. The number of H-pyrrole nitrogens is 1. The number of benzene rings is 1. The molecule has 22 heavy (non-hydrogen) atoms. The minimum atomic E-state index is -0.661. The molecule has 1 aromatic carbocycles. The third-order valence-corrected chi connectivity index (χ3v) is 3.82. The first-order valence-electron chi connectivity index (χ1n) is 6.98. The molecule has 0 bridgehead atoms. The van der Waals surface area contributed by atoms with Crippen molar-refractivity contribution in [2.24, 2.45) is 0 Å². The Kier molecular flexibility index (Phi) is 3.81. The van der Waals surface area contributed by atoms with E-state index in [9.17, 15) is 9.59 Å². The molecular formula is C16H14ClN3O2. The number of aromatic amines is 1. The second-order valence-corrected chi connectivity index (χ2v) is 5.36. The van der Waals surface area contributed by atoms with Gasteiger partial charge < -0.3 is 4.98 Å².